The van der Waals surface area contributed by atoms with Gasteiger partial charge in [0.25, 0.3) is 0 Å². The molecule has 112 valence electrons. The minimum Gasteiger partial charge on any atom is -0.300 e. The minimum atomic E-state index is -0.0150. The van der Waals surface area contributed by atoms with Gasteiger partial charge in [-0.1, -0.05) is 59.9 Å². The fourth-order valence-electron chi connectivity index (χ4n) is 1.70. The van der Waals surface area contributed by atoms with Gasteiger partial charge >= 0.3 is 0 Å². The Bertz CT molecular complexity index is 581. The number of hydrogen-bond acceptors (Lipinski definition) is 5. The van der Waals surface area contributed by atoms with E-state index in [2.05, 4.69) is 53.6 Å². The van der Waals surface area contributed by atoms with Gasteiger partial charge in [-0.3, -0.25) is 4.79 Å². The number of hydrogen-bond donors (Lipinski definition) is 1. The molecule has 0 aliphatic rings. The minimum absolute atomic E-state index is 0.0150. The predicted octanol–water partition coefficient (Wildman–Crippen LogP) is 3.92. The van der Waals surface area contributed by atoms with E-state index >= 15 is 0 Å². The average Bonchev–Trinajstić information content (AvgIpc) is 2.92. The van der Waals surface area contributed by atoms with Crippen LogP contribution in [0.1, 0.15) is 30.9 Å². The highest BCUT2D eigenvalue weighted by molar-refractivity contribution is 8.01. The number of carbonyl (C=O) groups excluding carboxylic acids is 1. The summed E-state index contributed by atoms with van der Waals surface area (Å²) in [6.07, 6.45) is 2.30. The third-order valence-electron chi connectivity index (χ3n) is 2.84. The van der Waals surface area contributed by atoms with Gasteiger partial charge in [0.2, 0.25) is 11.0 Å². The van der Waals surface area contributed by atoms with Crippen LogP contribution in [0.3, 0.4) is 0 Å². The predicted molar refractivity (Wildman–Crippen MR) is 89.1 cm³/mol. The largest absolute Gasteiger partial charge is 0.300 e. The van der Waals surface area contributed by atoms with E-state index in [9.17, 15) is 4.79 Å². The quantitative estimate of drug-likeness (QED) is 0.620. The molecule has 0 saturated heterocycles. The molecule has 2 aromatic rings. The number of amides is 1. The first-order valence-electron chi connectivity index (χ1n) is 6.99. The molecule has 1 N–H and O–H groups in total. The second-order valence-electron chi connectivity index (χ2n) is 4.76. The lowest BCUT2D eigenvalue weighted by Crippen LogP contribution is -2.12. The molecule has 1 aromatic carbocycles. The SMILES string of the molecule is CCCSc1nnc(NC(=O)CCc2ccc(C)cc2)s1. The van der Waals surface area contributed by atoms with Crippen molar-refractivity contribution in [2.45, 2.75) is 37.4 Å². The second-order valence-corrected chi connectivity index (χ2v) is 7.07. The summed E-state index contributed by atoms with van der Waals surface area (Å²) in [6.45, 7) is 4.18. The first-order chi connectivity index (χ1) is 10.2. The zero-order valence-corrected chi connectivity index (χ0v) is 13.9. The van der Waals surface area contributed by atoms with Crippen molar-refractivity contribution >= 4 is 34.1 Å². The molecule has 0 saturated carbocycles. The Hall–Kier alpha value is -1.40. The lowest BCUT2D eigenvalue weighted by atomic mass is 10.1. The maximum atomic E-state index is 11.9. The Labute approximate surface area is 133 Å². The highest BCUT2D eigenvalue weighted by Gasteiger charge is 2.08. The maximum Gasteiger partial charge on any atom is 0.226 e. The van der Waals surface area contributed by atoms with Gasteiger partial charge in [0.1, 0.15) is 0 Å². The highest BCUT2D eigenvalue weighted by Crippen LogP contribution is 2.25. The van der Waals surface area contributed by atoms with Crippen LogP contribution in [0.15, 0.2) is 28.6 Å². The molecule has 4 nitrogen and oxygen atoms in total. The van der Waals surface area contributed by atoms with Crippen LogP contribution in [-0.2, 0) is 11.2 Å². The first-order valence-corrected chi connectivity index (χ1v) is 8.79. The Morgan fingerprint density at radius 2 is 2.05 bits per heavy atom. The van der Waals surface area contributed by atoms with Crippen LogP contribution in [0.4, 0.5) is 5.13 Å². The molecule has 0 spiro atoms. The maximum absolute atomic E-state index is 11.9. The fraction of sp³-hybridized carbons (Fsp3) is 0.400. The standard InChI is InChI=1S/C15H19N3OS2/c1-3-10-20-15-18-17-14(21-15)16-13(19)9-8-12-6-4-11(2)5-7-12/h4-7H,3,8-10H2,1-2H3,(H,16,17,19). The third kappa shape index (κ3) is 5.47. The summed E-state index contributed by atoms with van der Waals surface area (Å²) in [5.74, 6) is 1.01. The Kier molecular flexibility index (Phi) is 6.20. The van der Waals surface area contributed by atoms with Crippen LogP contribution in [0, 0.1) is 6.92 Å². The molecule has 0 fully saturated rings. The van der Waals surface area contributed by atoms with Crippen molar-refractivity contribution in [2.75, 3.05) is 11.1 Å². The van der Waals surface area contributed by atoms with Crippen molar-refractivity contribution < 1.29 is 4.79 Å². The van der Waals surface area contributed by atoms with E-state index in [1.807, 2.05) is 0 Å². The third-order valence-corrected chi connectivity index (χ3v) is 5.02. The van der Waals surface area contributed by atoms with Gasteiger partial charge in [-0.05, 0) is 25.3 Å². The van der Waals surface area contributed by atoms with Crippen LogP contribution >= 0.6 is 23.1 Å². The van der Waals surface area contributed by atoms with E-state index in [1.165, 1.54) is 22.5 Å². The number of nitrogens with one attached hydrogen (secondary N) is 1. The van der Waals surface area contributed by atoms with Gasteiger partial charge in [0.05, 0.1) is 0 Å². The molecular formula is C15H19N3OS2. The van der Waals surface area contributed by atoms with Gasteiger partial charge in [-0.25, -0.2) is 0 Å². The van der Waals surface area contributed by atoms with Crippen molar-refractivity contribution in [1.82, 2.24) is 10.2 Å². The molecule has 0 unspecified atom stereocenters. The molecule has 1 heterocycles. The molecular weight excluding hydrogens is 302 g/mol. The fourth-order valence-corrected chi connectivity index (χ4v) is 3.40. The molecule has 0 aliphatic heterocycles. The summed E-state index contributed by atoms with van der Waals surface area (Å²) in [5.41, 5.74) is 2.40. The van der Waals surface area contributed by atoms with Gasteiger partial charge in [0, 0.05) is 12.2 Å². The molecule has 1 aromatic heterocycles. The molecule has 0 radical (unpaired) electrons. The van der Waals surface area contributed by atoms with E-state index in [4.69, 9.17) is 0 Å². The molecule has 21 heavy (non-hydrogen) atoms. The number of aromatic nitrogens is 2. The molecule has 2 rings (SSSR count). The number of aryl methyl sites for hydroxylation is 2. The summed E-state index contributed by atoms with van der Waals surface area (Å²) in [5, 5.41) is 11.4. The van der Waals surface area contributed by atoms with E-state index < -0.39 is 0 Å². The molecule has 1 amide bonds. The molecule has 6 heteroatoms. The Morgan fingerprint density at radius 1 is 1.29 bits per heavy atom. The Morgan fingerprint density at radius 3 is 2.76 bits per heavy atom. The van der Waals surface area contributed by atoms with Gasteiger partial charge in [-0.2, -0.15) is 0 Å². The van der Waals surface area contributed by atoms with Crippen molar-refractivity contribution in [3.63, 3.8) is 0 Å². The number of nitrogens with zero attached hydrogens (tertiary/aromatic N) is 2. The molecule has 0 atom stereocenters. The summed E-state index contributed by atoms with van der Waals surface area (Å²) >= 11 is 3.11. The smallest absolute Gasteiger partial charge is 0.226 e. The highest BCUT2D eigenvalue weighted by atomic mass is 32.2. The monoisotopic (exact) mass is 321 g/mol. The number of carbonyl (C=O) groups is 1. The zero-order chi connectivity index (χ0) is 15.1. The first kappa shape index (κ1) is 16.0. The number of rotatable bonds is 7. The summed E-state index contributed by atoms with van der Waals surface area (Å²) in [4.78, 5) is 11.9. The van der Waals surface area contributed by atoms with Crippen molar-refractivity contribution in [2.24, 2.45) is 0 Å². The molecule has 0 aliphatic carbocycles. The lowest BCUT2D eigenvalue weighted by Gasteiger charge is -2.02. The van der Waals surface area contributed by atoms with Crippen molar-refractivity contribution in [1.29, 1.82) is 0 Å². The van der Waals surface area contributed by atoms with Crippen LogP contribution < -0.4 is 5.32 Å². The Balaban J connectivity index is 1.78. The van der Waals surface area contributed by atoms with E-state index in [0.29, 0.717) is 11.6 Å². The topological polar surface area (TPSA) is 54.9 Å². The van der Waals surface area contributed by atoms with Crippen LogP contribution in [0.25, 0.3) is 0 Å². The summed E-state index contributed by atoms with van der Waals surface area (Å²) < 4.78 is 0.908. The number of thioether (sulfide) groups is 1. The van der Waals surface area contributed by atoms with E-state index in [0.717, 1.165) is 22.9 Å². The van der Waals surface area contributed by atoms with E-state index in [-0.39, 0.29) is 5.91 Å². The van der Waals surface area contributed by atoms with E-state index in [1.54, 1.807) is 11.8 Å². The average molecular weight is 321 g/mol. The van der Waals surface area contributed by atoms with Crippen LogP contribution in [0.5, 0.6) is 0 Å². The number of benzene rings is 1. The zero-order valence-electron chi connectivity index (χ0n) is 12.3. The number of anilines is 1. The molecule has 0 bridgehead atoms. The van der Waals surface area contributed by atoms with Gasteiger partial charge in [0.15, 0.2) is 4.34 Å². The summed E-state index contributed by atoms with van der Waals surface area (Å²) in [7, 11) is 0. The van der Waals surface area contributed by atoms with Gasteiger partial charge in [-0.15, -0.1) is 10.2 Å². The van der Waals surface area contributed by atoms with Crippen molar-refractivity contribution in [3.8, 4) is 0 Å². The normalized spacial score (nSPS) is 10.6. The second kappa shape index (κ2) is 8.14. The summed E-state index contributed by atoms with van der Waals surface area (Å²) in [6, 6.07) is 8.25. The van der Waals surface area contributed by atoms with Crippen molar-refractivity contribution in [3.05, 3.63) is 35.4 Å². The lowest BCUT2D eigenvalue weighted by molar-refractivity contribution is -0.116. The van der Waals surface area contributed by atoms with Crippen LogP contribution in [-0.4, -0.2) is 21.9 Å². The van der Waals surface area contributed by atoms with Crippen LogP contribution in [0.2, 0.25) is 0 Å². The van der Waals surface area contributed by atoms with Gasteiger partial charge < -0.3 is 5.32 Å².